The molecule has 0 unspecified atom stereocenters. The van der Waals surface area contributed by atoms with Gasteiger partial charge in [-0.25, -0.2) is 0 Å². The van der Waals surface area contributed by atoms with Crippen molar-refractivity contribution >= 4 is 34.6 Å². The average molecular weight is 340 g/mol. The minimum Gasteiger partial charge on any atom is -0.397 e. The van der Waals surface area contributed by atoms with E-state index in [2.05, 4.69) is 16.0 Å². The van der Waals surface area contributed by atoms with Crippen LogP contribution < -0.4 is 21.7 Å². The van der Waals surface area contributed by atoms with Crippen molar-refractivity contribution in [3.05, 3.63) is 47.5 Å². The molecule has 0 radical (unpaired) electrons. The second-order valence-electron chi connectivity index (χ2n) is 5.81. The number of hydrogen-bond acceptors (Lipinski definition) is 4. The van der Waals surface area contributed by atoms with Crippen molar-refractivity contribution in [2.75, 3.05) is 28.7 Å². The van der Waals surface area contributed by atoms with E-state index in [0.29, 0.717) is 29.0 Å². The van der Waals surface area contributed by atoms with Crippen molar-refractivity contribution in [2.45, 2.75) is 26.7 Å². The lowest BCUT2D eigenvalue weighted by Crippen LogP contribution is -2.16. The number of nitrogens with one attached hydrogen (secondary N) is 3. The third kappa shape index (κ3) is 4.50. The van der Waals surface area contributed by atoms with Gasteiger partial charge < -0.3 is 21.7 Å². The van der Waals surface area contributed by atoms with E-state index in [-0.39, 0.29) is 11.8 Å². The molecule has 0 bridgehead atoms. The molecule has 5 N–H and O–H groups in total. The Balaban J connectivity index is 2.22. The van der Waals surface area contributed by atoms with Crippen molar-refractivity contribution in [1.29, 1.82) is 0 Å². The van der Waals surface area contributed by atoms with Gasteiger partial charge in [0.05, 0.1) is 22.7 Å². The molecule has 0 saturated heterocycles. The molecule has 0 aromatic heterocycles. The maximum absolute atomic E-state index is 12.5. The standard InChI is InChI=1S/C19H24N4O2/c1-4-7-17(24)23-18-12(2)10-13(11-14(18)20)19(25)22-16-9-6-5-8-15(16)21-3/h5-6,8-11,21H,4,7,20H2,1-3H3,(H,22,25)(H,23,24). The molecule has 2 rings (SSSR count). The monoisotopic (exact) mass is 340 g/mol. The Morgan fingerprint density at radius 1 is 1.08 bits per heavy atom. The summed E-state index contributed by atoms with van der Waals surface area (Å²) in [6.07, 6.45) is 1.19. The number of rotatable bonds is 6. The zero-order valence-corrected chi connectivity index (χ0v) is 14.8. The topological polar surface area (TPSA) is 96.2 Å². The molecular formula is C19H24N4O2. The smallest absolute Gasteiger partial charge is 0.255 e. The average Bonchev–Trinajstić information content (AvgIpc) is 2.58. The number of carbonyl (C=O) groups is 2. The van der Waals surface area contributed by atoms with Crippen molar-refractivity contribution in [3.63, 3.8) is 0 Å². The molecule has 132 valence electrons. The number of hydrogen-bond donors (Lipinski definition) is 4. The first-order valence-corrected chi connectivity index (χ1v) is 8.24. The van der Waals surface area contributed by atoms with Crippen LogP contribution >= 0.6 is 0 Å². The van der Waals surface area contributed by atoms with E-state index < -0.39 is 0 Å². The minimum absolute atomic E-state index is 0.0857. The van der Waals surface area contributed by atoms with Gasteiger partial charge in [-0.1, -0.05) is 19.1 Å². The van der Waals surface area contributed by atoms with Crippen LogP contribution in [0.3, 0.4) is 0 Å². The lowest BCUT2D eigenvalue weighted by molar-refractivity contribution is -0.116. The van der Waals surface area contributed by atoms with Crippen molar-refractivity contribution in [1.82, 2.24) is 0 Å². The number of nitrogens with two attached hydrogens (primary N) is 1. The van der Waals surface area contributed by atoms with Crippen LogP contribution in [0.25, 0.3) is 0 Å². The molecule has 0 heterocycles. The molecule has 0 aliphatic heterocycles. The maximum atomic E-state index is 12.5. The predicted octanol–water partition coefficient (Wildman–Crippen LogP) is 3.61. The summed E-state index contributed by atoms with van der Waals surface area (Å²) in [5.74, 6) is -0.346. The Morgan fingerprint density at radius 3 is 2.36 bits per heavy atom. The largest absolute Gasteiger partial charge is 0.397 e. The van der Waals surface area contributed by atoms with E-state index in [9.17, 15) is 9.59 Å². The third-order valence-electron chi connectivity index (χ3n) is 3.81. The molecule has 2 aromatic carbocycles. The van der Waals surface area contributed by atoms with Gasteiger partial charge in [-0.15, -0.1) is 0 Å². The summed E-state index contributed by atoms with van der Waals surface area (Å²) in [7, 11) is 1.79. The molecule has 0 atom stereocenters. The van der Waals surface area contributed by atoms with Crippen LogP contribution in [0.15, 0.2) is 36.4 Å². The van der Waals surface area contributed by atoms with Crippen molar-refractivity contribution < 1.29 is 9.59 Å². The molecule has 2 aromatic rings. The van der Waals surface area contributed by atoms with Crippen LogP contribution in [0, 0.1) is 6.92 Å². The highest BCUT2D eigenvalue weighted by Gasteiger charge is 2.14. The van der Waals surface area contributed by atoms with Gasteiger partial charge in [0.25, 0.3) is 5.91 Å². The van der Waals surface area contributed by atoms with Crippen LogP contribution in [0.1, 0.15) is 35.7 Å². The fourth-order valence-electron chi connectivity index (χ4n) is 2.55. The van der Waals surface area contributed by atoms with E-state index in [4.69, 9.17) is 5.73 Å². The number of para-hydroxylation sites is 2. The van der Waals surface area contributed by atoms with E-state index in [1.54, 1.807) is 19.2 Å². The molecule has 0 aliphatic carbocycles. The fourth-order valence-corrected chi connectivity index (χ4v) is 2.55. The number of amides is 2. The van der Waals surface area contributed by atoms with Gasteiger partial charge in [0.1, 0.15) is 0 Å². The van der Waals surface area contributed by atoms with Crippen LogP contribution in [-0.2, 0) is 4.79 Å². The van der Waals surface area contributed by atoms with Gasteiger partial charge >= 0.3 is 0 Å². The van der Waals surface area contributed by atoms with Crippen molar-refractivity contribution in [2.24, 2.45) is 0 Å². The van der Waals surface area contributed by atoms with Crippen LogP contribution in [0.5, 0.6) is 0 Å². The van der Waals surface area contributed by atoms with Gasteiger partial charge in [0, 0.05) is 19.0 Å². The second kappa shape index (κ2) is 8.19. The van der Waals surface area contributed by atoms with Crippen molar-refractivity contribution in [3.8, 4) is 0 Å². The highest BCUT2D eigenvalue weighted by Crippen LogP contribution is 2.27. The summed E-state index contributed by atoms with van der Waals surface area (Å²) >= 11 is 0. The number of aryl methyl sites for hydroxylation is 1. The molecule has 2 amide bonds. The zero-order valence-electron chi connectivity index (χ0n) is 14.8. The molecule has 6 heteroatoms. The van der Waals surface area contributed by atoms with E-state index >= 15 is 0 Å². The number of anilines is 4. The summed E-state index contributed by atoms with van der Waals surface area (Å²) in [6.45, 7) is 3.75. The van der Waals surface area contributed by atoms with Gasteiger partial charge in [-0.3, -0.25) is 9.59 Å². The third-order valence-corrected chi connectivity index (χ3v) is 3.81. The Morgan fingerprint density at radius 2 is 1.76 bits per heavy atom. The van der Waals surface area contributed by atoms with Crippen LogP contribution in [0.2, 0.25) is 0 Å². The summed E-state index contributed by atoms with van der Waals surface area (Å²) in [6, 6.07) is 10.7. The lowest BCUT2D eigenvalue weighted by atomic mass is 10.1. The summed E-state index contributed by atoms with van der Waals surface area (Å²) < 4.78 is 0. The summed E-state index contributed by atoms with van der Waals surface area (Å²) in [4.78, 5) is 24.3. The highest BCUT2D eigenvalue weighted by atomic mass is 16.2. The zero-order chi connectivity index (χ0) is 18.4. The van der Waals surface area contributed by atoms with Gasteiger partial charge in [0.15, 0.2) is 0 Å². The Kier molecular flexibility index (Phi) is 6.00. The Labute approximate surface area is 147 Å². The van der Waals surface area contributed by atoms with Crippen LogP contribution in [-0.4, -0.2) is 18.9 Å². The van der Waals surface area contributed by atoms with E-state index in [1.807, 2.05) is 38.1 Å². The number of nitrogen functional groups attached to an aromatic ring is 1. The second-order valence-corrected chi connectivity index (χ2v) is 5.81. The SMILES string of the molecule is CCCC(=O)Nc1c(C)cc(C(=O)Nc2ccccc2NC)cc1N. The first-order valence-electron chi connectivity index (χ1n) is 8.24. The van der Waals surface area contributed by atoms with Gasteiger partial charge in [-0.2, -0.15) is 0 Å². The van der Waals surface area contributed by atoms with Gasteiger partial charge in [-0.05, 0) is 43.2 Å². The Bertz CT molecular complexity index is 764. The highest BCUT2D eigenvalue weighted by molar-refractivity contribution is 6.07. The lowest BCUT2D eigenvalue weighted by Gasteiger charge is -2.14. The molecule has 6 nitrogen and oxygen atoms in total. The number of carbonyl (C=O) groups excluding carboxylic acids is 2. The molecule has 0 spiro atoms. The van der Waals surface area contributed by atoms with Gasteiger partial charge in [0.2, 0.25) is 5.91 Å². The Hall–Kier alpha value is -3.02. The molecule has 0 aliphatic rings. The fraction of sp³-hybridized carbons (Fsp3) is 0.263. The summed E-state index contributed by atoms with van der Waals surface area (Å²) in [5.41, 5.74) is 9.68. The summed E-state index contributed by atoms with van der Waals surface area (Å²) in [5, 5.41) is 8.71. The van der Waals surface area contributed by atoms with E-state index in [1.165, 1.54) is 0 Å². The quantitative estimate of drug-likeness (QED) is 0.604. The molecular weight excluding hydrogens is 316 g/mol. The molecule has 25 heavy (non-hydrogen) atoms. The maximum Gasteiger partial charge on any atom is 0.255 e. The predicted molar refractivity (Wildman–Crippen MR) is 103 cm³/mol. The normalized spacial score (nSPS) is 10.2. The minimum atomic E-state index is -0.260. The van der Waals surface area contributed by atoms with Crippen LogP contribution in [0.4, 0.5) is 22.7 Å². The first kappa shape index (κ1) is 18.3. The molecule has 0 fully saturated rings. The number of benzene rings is 2. The first-order chi connectivity index (χ1) is 12.0. The van der Waals surface area contributed by atoms with E-state index in [0.717, 1.165) is 17.7 Å². The molecule has 0 saturated carbocycles.